The molecule has 1 unspecified atom stereocenters. The van der Waals surface area contributed by atoms with E-state index in [1.54, 1.807) is 6.07 Å². The Morgan fingerprint density at radius 3 is 1.32 bits per heavy atom. The molecule has 0 saturated heterocycles. The smallest absolute Gasteiger partial charge is 0.189 e. The van der Waals surface area contributed by atoms with E-state index in [0.29, 0.717) is 10.5 Å². The van der Waals surface area contributed by atoms with Crippen molar-refractivity contribution in [3.05, 3.63) is 264 Å². The molecule has 4 nitrogen and oxygen atoms in total. The lowest BCUT2D eigenvalue weighted by molar-refractivity contribution is 0.591. The second kappa shape index (κ2) is 19.2. The number of allylic oxidation sites excluding steroid dienone is 2. The van der Waals surface area contributed by atoms with E-state index in [4.69, 9.17) is 0 Å². The van der Waals surface area contributed by atoms with E-state index in [1.807, 2.05) is 97.1 Å². The molecule has 8 rings (SSSR count). The Morgan fingerprint density at radius 2 is 0.833 bits per heavy atom. The molecular weight excluding hydrogens is 753 g/mol. The Labute approximate surface area is 355 Å². The maximum Gasteiger partial charge on any atom is 0.189 e. The molecule has 0 aliphatic rings. The highest BCUT2D eigenvalue weighted by Crippen LogP contribution is 2.35. The summed E-state index contributed by atoms with van der Waals surface area (Å²) in [6.07, 6.45) is 7.63. The number of hydrogen-bond acceptors (Lipinski definition) is 4. The average molecular weight is 801 g/mol. The normalized spacial score (nSPS) is 12.2. The zero-order chi connectivity index (χ0) is 41.0. The first-order valence-corrected chi connectivity index (χ1v) is 22.0. The summed E-state index contributed by atoms with van der Waals surface area (Å²) in [5, 5.41) is 0.699. The number of sulfone groups is 1. The van der Waals surface area contributed by atoms with Crippen LogP contribution in [0.3, 0.4) is 0 Å². The van der Waals surface area contributed by atoms with Crippen molar-refractivity contribution in [1.29, 1.82) is 0 Å². The SMILES string of the molecule is O=S(=O)(c1cccc2ccccc12)C(C=CC=Cc1ccc(N(Cc2ccccc2)Cc2ccccc2)cc1)c1ccc(N(Cc2ccccc2)Cc2ccccc2)cc1. The standard InChI is InChI=1S/C55H48N2O2S/c58-60(59,55-31-17-28-49-27-14-15-29-53(49)55)54(50-34-38-52(39-35-50)57(42-47-23-9-3-10-24-47)43-48-25-11-4-12-26-48)30-16-13-18-44-32-36-51(37-33-44)56(40-45-19-5-1-6-20-45)41-46-21-7-2-8-22-46/h1-39,54H,40-43H2. The van der Waals surface area contributed by atoms with Gasteiger partial charge in [-0.1, -0.05) is 206 Å². The molecule has 0 saturated carbocycles. The zero-order valence-corrected chi connectivity index (χ0v) is 34.4. The van der Waals surface area contributed by atoms with E-state index in [0.717, 1.165) is 53.9 Å². The predicted octanol–water partition coefficient (Wildman–Crippen LogP) is 13.0. The fourth-order valence-electron chi connectivity index (χ4n) is 7.67. The van der Waals surface area contributed by atoms with Crippen LogP contribution in [0.4, 0.5) is 11.4 Å². The summed E-state index contributed by atoms with van der Waals surface area (Å²) in [7, 11) is -3.86. The minimum absolute atomic E-state index is 0.323. The average Bonchev–Trinajstić information content (AvgIpc) is 3.30. The zero-order valence-electron chi connectivity index (χ0n) is 33.5. The molecule has 296 valence electrons. The van der Waals surface area contributed by atoms with Crippen LogP contribution in [-0.2, 0) is 36.0 Å². The lowest BCUT2D eigenvalue weighted by Crippen LogP contribution is -2.22. The predicted molar refractivity (Wildman–Crippen MR) is 250 cm³/mol. The number of benzene rings is 8. The molecule has 5 heteroatoms. The van der Waals surface area contributed by atoms with Crippen LogP contribution in [0.15, 0.2) is 235 Å². The number of anilines is 2. The van der Waals surface area contributed by atoms with Crippen LogP contribution in [0.25, 0.3) is 16.8 Å². The largest absolute Gasteiger partial charge is 0.363 e. The number of nitrogens with zero attached hydrogens (tertiary/aromatic N) is 2. The summed E-state index contributed by atoms with van der Waals surface area (Å²) in [4.78, 5) is 5.04. The maximum absolute atomic E-state index is 14.8. The molecule has 0 heterocycles. The summed E-state index contributed by atoms with van der Waals surface area (Å²) in [6, 6.07) is 71.7. The van der Waals surface area contributed by atoms with Crippen LogP contribution in [0.2, 0.25) is 0 Å². The summed E-state index contributed by atoms with van der Waals surface area (Å²) in [5.41, 5.74) is 8.79. The molecule has 8 aromatic rings. The number of fused-ring (bicyclic) bond motifs is 1. The van der Waals surface area contributed by atoms with Crippen molar-refractivity contribution in [2.24, 2.45) is 0 Å². The van der Waals surface area contributed by atoms with Crippen molar-refractivity contribution in [2.45, 2.75) is 36.3 Å². The van der Waals surface area contributed by atoms with Gasteiger partial charge in [-0.05, 0) is 69.1 Å². The van der Waals surface area contributed by atoms with Gasteiger partial charge in [-0.25, -0.2) is 8.42 Å². The van der Waals surface area contributed by atoms with Crippen LogP contribution < -0.4 is 9.80 Å². The highest BCUT2D eigenvalue weighted by molar-refractivity contribution is 7.92. The van der Waals surface area contributed by atoms with Gasteiger partial charge in [-0.3, -0.25) is 0 Å². The molecule has 0 aliphatic carbocycles. The first-order valence-electron chi connectivity index (χ1n) is 20.4. The second-order valence-corrected chi connectivity index (χ2v) is 17.1. The van der Waals surface area contributed by atoms with E-state index in [-0.39, 0.29) is 0 Å². The summed E-state index contributed by atoms with van der Waals surface area (Å²) in [6.45, 7) is 3.02. The molecule has 0 aliphatic heterocycles. The lowest BCUT2D eigenvalue weighted by atomic mass is 10.1. The van der Waals surface area contributed by atoms with Crippen LogP contribution in [-0.4, -0.2) is 8.42 Å². The van der Waals surface area contributed by atoms with Crippen molar-refractivity contribution in [1.82, 2.24) is 0 Å². The van der Waals surface area contributed by atoms with Gasteiger partial charge in [0.1, 0.15) is 5.25 Å². The third kappa shape index (κ3) is 10.0. The van der Waals surface area contributed by atoms with Crippen molar-refractivity contribution in [2.75, 3.05) is 9.80 Å². The van der Waals surface area contributed by atoms with Crippen LogP contribution in [0, 0.1) is 0 Å². The van der Waals surface area contributed by atoms with Gasteiger partial charge in [0.15, 0.2) is 9.84 Å². The van der Waals surface area contributed by atoms with E-state index < -0.39 is 15.1 Å². The Balaban J connectivity index is 1.07. The van der Waals surface area contributed by atoms with Crippen LogP contribution in [0.5, 0.6) is 0 Å². The van der Waals surface area contributed by atoms with E-state index >= 15 is 0 Å². The molecule has 0 radical (unpaired) electrons. The maximum atomic E-state index is 14.8. The third-order valence-electron chi connectivity index (χ3n) is 10.8. The van der Waals surface area contributed by atoms with Crippen LogP contribution in [0.1, 0.15) is 38.6 Å². The number of hydrogen-bond donors (Lipinski definition) is 0. The molecule has 0 aromatic heterocycles. The van der Waals surface area contributed by atoms with Crippen molar-refractivity contribution >= 4 is 38.1 Å². The van der Waals surface area contributed by atoms with Gasteiger partial charge in [-0.2, -0.15) is 0 Å². The molecule has 0 N–H and O–H groups in total. The van der Waals surface area contributed by atoms with E-state index in [2.05, 4.69) is 143 Å². The number of rotatable bonds is 16. The molecule has 1 atom stereocenters. The van der Waals surface area contributed by atoms with E-state index in [1.165, 1.54) is 22.3 Å². The highest BCUT2D eigenvalue weighted by Gasteiger charge is 2.29. The molecule has 0 bridgehead atoms. The minimum Gasteiger partial charge on any atom is -0.363 e. The van der Waals surface area contributed by atoms with Gasteiger partial charge in [0.2, 0.25) is 0 Å². The van der Waals surface area contributed by atoms with Gasteiger partial charge in [0.25, 0.3) is 0 Å². The Bertz CT molecular complexity index is 2670. The molecule has 0 amide bonds. The van der Waals surface area contributed by atoms with Gasteiger partial charge in [0, 0.05) is 42.9 Å². The lowest BCUT2D eigenvalue weighted by Gasteiger charge is -2.26. The van der Waals surface area contributed by atoms with Gasteiger partial charge in [0.05, 0.1) is 4.90 Å². The highest BCUT2D eigenvalue weighted by atomic mass is 32.2. The van der Waals surface area contributed by atoms with E-state index in [9.17, 15) is 8.42 Å². The monoisotopic (exact) mass is 800 g/mol. The Hall–Kier alpha value is -6.95. The summed E-state index contributed by atoms with van der Waals surface area (Å²) in [5.74, 6) is 0. The molecule has 8 aromatic carbocycles. The Morgan fingerprint density at radius 1 is 0.417 bits per heavy atom. The topological polar surface area (TPSA) is 40.6 Å². The second-order valence-electron chi connectivity index (χ2n) is 15.0. The molecule has 0 fully saturated rings. The fraction of sp³-hybridized carbons (Fsp3) is 0.0909. The first kappa shape index (κ1) is 39.9. The van der Waals surface area contributed by atoms with Crippen molar-refractivity contribution in [3.8, 4) is 0 Å². The molecule has 0 spiro atoms. The Kier molecular flexibility index (Phi) is 12.8. The molecule has 60 heavy (non-hydrogen) atoms. The molecular formula is C55H48N2O2S. The first-order chi connectivity index (χ1) is 29.5. The van der Waals surface area contributed by atoms with Gasteiger partial charge >= 0.3 is 0 Å². The van der Waals surface area contributed by atoms with Gasteiger partial charge < -0.3 is 9.80 Å². The third-order valence-corrected chi connectivity index (χ3v) is 12.9. The van der Waals surface area contributed by atoms with Gasteiger partial charge in [-0.15, -0.1) is 0 Å². The van der Waals surface area contributed by atoms with Crippen molar-refractivity contribution < 1.29 is 8.42 Å². The fourth-order valence-corrected chi connectivity index (χ4v) is 9.52. The summed E-state index contributed by atoms with van der Waals surface area (Å²) < 4.78 is 29.6. The van der Waals surface area contributed by atoms with Crippen LogP contribution >= 0.6 is 0 Å². The quantitative estimate of drug-likeness (QED) is 0.0913. The van der Waals surface area contributed by atoms with Crippen molar-refractivity contribution in [3.63, 3.8) is 0 Å². The summed E-state index contributed by atoms with van der Waals surface area (Å²) >= 11 is 0. The minimum atomic E-state index is -3.86.